The largest absolute Gasteiger partial charge is 0.440 e. The summed E-state index contributed by atoms with van der Waals surface area (Å²) in [7, 11) is 0. The van der Waals surface area contributed by atoms with Gasteiger partial charge in [-0.25, -0.2) is 14.8 Å². The first-order valence-electron chi connectivity index (χ1n) is 7.56. The number of para-hydroxylation sites is 1. The third-order valence-corrected chi connectivity index (χ3v) is 4.16. The van der Waals surface area contributed by atoms with E-state index in [0.29, 0.717) is 22.4 Å². The summed E-state index contributed by atoms with van der Waals surface area (Å²) < 4.78 is 41.6. The summed E-state index contributed by atoms with van der Waals surface area (Å²) in [4.78, 5) is 20.1. The number of alkyl halides is 3. The number of hydrogen-bond acceptors (Lipinski definition) is 6. The first-order chi connectivity index (χ1) is 12.3. The zero-order valence-corrected chi connectivity index (χ0v) is 14.4. The first-order valence-corrected chi connectivity index (χ1v) is 8.54. The van der Waals surface area contributed by atoms with Crippen molar-refractivity contribution in [3.8, 4) is 0 Å². The number of thioether (sulfide) groups is 1. The lowest BCUT2D eigenvalue weighted by molar-refractivity contribution is -0.160. The maximum atomic E-state index is 12.0. The summed E-state index contributed by atoms with van der Waals surface area (Å²) in [5, 5.41) is 8.02. The Morgan fingerprint density at radius 2 is 2.08 bits per heavy atom. The quantitative estimate of drug-likeness (QED) is 0.413. The van der Waals surface area contributed by atoms with Crippen LogP contribution in [0.5, 0.6) is 0 Å². The number of benzene rings is 1. The second kappa shape index (κ2) is 7.36. The normalized spacial score (nSPS) is 11.8. The molecule has 1 aromatic carbocycles. The zero-order chi connectivity index (χ0) is 18.7. The lowest BCUT2D eigenvalue weighted by Gasteiger charge is -2.09. The van der Waals surface area contributed by atoms with Crippen LogP contribution in [0.25, 0.3) is 16.6 Å². The Hall–Kier alpha value is -2.56. The van der Waals surface area contributed by atoms with Crippen molar-refractivity contribution in [3.63, 3.8) is 0 Å². The van der Waals surface area contributed by atoms with Gasteiger partial charge in [-0.3, -0.25) is 0 Å². The predicted octanol–water partition coefficient (Wildman–Crippen LogP) is 2.97. The molecule has 2 aromatic heterocycles. The number of ether oxygens (including phenoxy) is 1. The summed E-state index contributed by atoms with van der Waals surface area (Å²) in [6.45, 7) is 0.274. The molecule has 0 unspecified atom stereocenters. The van der Waals surface area contributed by atoms with Gasteiger partial charge in [0.15, 0.2) is 17.4 Å². The molecule has 11 heteroatoms. The monoisotopic (exact) mass is 385 g/mol. The van der Waals surface area contributed by atoms with E-state index in [9.17, 15) is 18.0 Å². The van der Waals surface area contributed by atoms with Crippen LogP contribution in [0.4, 0.5) is 18.0 Å². The highest BCUT2D eigenvalue weighted by molar-refractivity contribution is 7.99. The van der Waals surface area contributed by atoms with E-state index in [1.807, 2.05) is 24.3 Å². The van der Waals surface area contributed by atoms with Crippen molar-refractivity contribution in [2.24, 2.45) is 0 Å². The number of hydrogen-bond donors (Lipinski definition) is 1. The summed E-state index contributed by atoms with van der Waals surface area (Å²) in [5.74, 6) is 0.972. The third-order valence-electron chi connectivity index (χ3n) is 3.22. The van der Waals surface area contributed by atoms with Gasteiger partial charge in [-0.1, -0.05) is 23.9 Å². The van der Waals surface area contributed by atoms with E-state index in [2.05, 4.69) is 25.1 Å². The van der Waals surface area contributed by atoms with Crippen molar-refractivity contribution in [3.05, 3.63) is 30.1 Å². The molecular weight excluding hydrogens is 371 g/mol. The molecule has 2 heterocycles. The fourth-order valence-corrected chi connectivity index (χ4v) is 3.02. The molecule has 0 saturated heterocycles. The topological polar surface area (TPSA) is 81.4 Å². The van der Waals surface area contributed by atoms with Gasteiger partial charge in [-0.15, -0.1) is 5.10 Å². The van der Waals surface area contributed by atoms with Gasteiger partial charge in [-0.05, 0) is 19.1 Å². The van der Waals surface area contributed by atoms with Crippen molar-refractivity contribution < 1.29 is 22.7 Å². The number of fused-ring (bicyclic) bond motifs is 3. The van der Waals surface area contributed by atoms with Crippen molar-refractivity contribution in [2.45, 2.75) is 18.3 Å². The Morgan fingerprint density at radius 3 is 2.85 bits per heavy atom. The second-order valence-corrected chi connectivity index (χ2v) is 6.33. The highest BCUT2D eigenvalue weighted by atomic mass is 32.2. The SMILES string of the molecule is Cc1nc2c3ccccc3nc(SCCNC(=O)OCC(F)(F)F)n2n1. The van der Waals surface area contributed by atoms with Gasteiger partial charge < -0.3 is 10.1 Å². The van der Waals surface area contributed by atoms with Crippen LogP contribution in [-0.4, -0.2) is 50.8 Å². The number of aryl methyl sites for hydroxylation is 1. The number of aromatic nitrogens is 4. The number of carbonyl (C=O) groups is 1. The van der Waals surface area contributed by atoms with Crippen LogP contribution in [0, 0.1) is 6.92 Å². The number of carbonyl (C=O) groups excluding carboxylic acids is 1. The average Bonchev–Trinajstić information content (AvgIpc) is 2.98. The molecule has 0 aliphatic rings. The second-order valence-electron chi connectivity index (χ2n) is 5.27. The molecule has 0 radical (unpaired) electrons. The fourth-order valence-electron chi connectivity index (χ4n) is 2.22. The van der Waals surface area contributed by atoms with Crippen LogP contribution < -0.4 is 5.32 Å². The molecule has 0 saturated carbocycles. The number of nitrogens with zero attached hydrogens (tertiary/aromatic N) is 4. The summed E-state index contributed by atoms with van der Waals surface area (Å²) in [5.41, 5.74) is 1.43. The first kappa shape index (κ1) is 18.2. The number of nitrogens with one attached hydrogen (secondary N) is 1. The molecule has 0 aliphatic carbocycles. The van der Waals surface area contributed by atoms with Crippen LogP contribution in [0.3, 0.4) is 0 Å². The van der Waals surface area contributed by atoms with Crippen LogP contribution in [0.2, 0.25) is 0 Å². The van der Waals surface area contributed by atoms with Crippen LogP contribution in [-0.2, 0) is 4.74 Å². The molecule has 1 N–H and O–H groups in total. The van der Waals surface area contributed by atoms with Crippen LogP contribution >= 0.6 is 11.8 Å². The summed E-state index contributed by atoms with van der Waals surface area (Å²) >= 11 is 1.30. The lowest BCUT2D eigenvalue weighted by Crippen LogP contribution is -2.30. The van der Waals surface area contributed by atoms with Gasteiger partial charge in [0.25, 0.3) is 0 Å². The minimum absolute atomic E-state index is 0.116. The van der Waals surface area contributed by atoms with E-state index in [4.69, 9.17) is 0 Å². The Kier molecular flexibility index (Phi) is 5.16. The van der Waals surface area contributed by atoms with Gasteiger partial charge >= 0.3 is 12.3 Å². The van der Waals surface area contributed by atoms with E-state index in [-0.39, 0.29) is 6.54 Å². The molecule has 0 bridgehead atoms. The molecule has 7 nitrogen and oxygen atoms in total. The fraction of sp³-hybridized carbons (Fsp3) is 0.333. The van der Waals surface area contributed by atoms with Gasteiger partial charge in [0, 0.05) is 17.7 Å². The van der Waals surface area contributed by atoms with Gasteiger partial charge in [0.05, 0.1) is 5.52 Å². The highest BCUT2D eigenvalue weighted by Gasteiger charge is 2.29. The molecular formula is C15H14F3N5O2S. The van der Waals surface area contributed by atoms with E-state index in [1.165, 1.54) is 11.8 Å². The van der Waals surface area contributed by atoms with Crippen molar-refractivity contribution >= 4 is 34.4 Å². The maximum absolute atomic E-state index is 12.0. The zero-order valence-electron chi connectivity index (χ0n) is 13.6. The number of alkyl carbamates (subject to hydrolysis) is 1. The smallest absolute Gasteiger partial charge is 0.422 e. The Labute approximate surface area is 149 Å². The van der Waals surface area contributed by atoms with Crippen LogP contribution in [0.15, 0.2) is 29.4 Å². The van der Waals surface area contributed by atoms with Crippen LogP contribution in [0.1, 0.15) is 5.82 Å². The standard InChI is InChI=1S/C15H14F3N5O2S/c1-9-20-12-10-4-2-3-5-11(10)21-13(23(12)22-9)26-7-6-19-14(24)25-8-15(16,17)18/h2-5H,6-8H2,1H3,(H,19,24). The lowest BCUT2D eigenvalue weighted by atomic mass is 10.2. The number of amides is 1. The molecule has 138 valence electrons. The maximum Gasteiger partial charge on any atom is 0.422 e. The number of rotatable bonds is 5. The minimum Gasteiger partial charge on any atom is -0.440 e. The molecule has 1 amide bonds. The molecule has 0 fully saturated rings. The van der Waals surface area contributed by atoms with E-state index in [1.54, 1.807) is 11.4 Å². The predicted molar refractivity (Wildman–Crippen MR) is 89.2 cm³/mol. The molecule has 3 aromatic rings. The third kappa shape index (κ3) is 4.34. The van der Waals surface area contributed by atoms with E-state index in [0.717, 1.165) is 10.9 Å². The molecule has 0 spiro atoms. The number of halogens is 3. The molecule has 26 heavy (non-hydrogen) atoms. The highest BCUT2D eigenvalue weighted by Crippen LogP contribution is 2.23. The summed E-state index contributed by atoms with van der Waals surface area (Å²) in [6, 6.07) is 7.51. The molecule has 0 aliphatic heterocycles. The molecule has 3 rings (SSSR count). The van der Waals surface area contributed by atoms with Gasteiger partial charge in [0.2, 0.25) is 0 Å². The van der Waals surface area contributed by atoms with E-state index < -0.39 is 18.9 Å². The summed E-state index contributed by atoms with van der Waals surface area (Å²) in [6.07, 6.45) is -5.66. The van der Waals surface area contributed by atoms with Crippen molar-refractivity contribution in [2.75, 3.05) is 18.9 Å². The van der Waals surface area contributed by atoms with Crippen molar-refractivity contribution in [1.29, 1.82) is 0 Å². The van der Waals surface area contributed by atoms with Gasteiger partial charge in [0.1, 0.15) is 5.82 Å². The minimum atomic E-state index is -4.54. The molecule has 0 atom stereocenters. The van der Waals surface area contributed by atoms with E-state index >= 15 is 0 Å². The Balaban J connectivity index is 1.64. The average molecular weight is 385 g/mol. The van der Waals surface area contributed by atoms with Gasteiger partial charge in [-0.2, -0.15) is 17.7 Å². The van der Waals surface area contributed by atoms with Crippen molar-refractivity contribution in [1.82, 2.24) is 24.9 Å². The Morgan fingerprint density at radius 1 is 1.31 bits per heavy atom. The Bertz CT molecular complexity index is 944.